The van der Waals surface area contributed by atoms with Gasteiger partial charge in [-0.1, -0.05) is 37.6 Å². The molecule has 2 amide bonds. The number of ketones is 1. The maximum absolute atomic E-state index is 13.7. The molecule has 0 bridgehead atoms. The topological polar surface area (TPSA) is 91.0 Å². The van der Waals surface area contributed by atoms with Crippen molar-refractivity contribution in [3.8, 4) is 11.1 Å². The Kier molecular flexibility index (Phi) is 5.60. The number of carbonyl (C=O) groups is 2. The van der Waals surface area contributed by atoms with Crippen LogP contribution in [0.4, 0.5) is 10.5 Å². The summed E-state index contributed by atoms with van der Waals surface area (Å²) in [6.45, 7) is 3.03. The molecule has 0 saturated heterocycles. The summed E-state index contributed by atoms with van der Waals surface area (Å²) < 4.78 is 0. The van der Waals surface area contributed by atoms with Crippen LogP contribution in [0.2, 0.25) is 0 Å². The van der Waals surface area contributed by atoms with Crippen LogP contribution in [-0.2, 0) is 0 Å². The molecule has 166 valence electrons. The quantitative estimate of drug-likeness (QED) is 0.329. The zero-order valence-corrected chi connectivity index (χ0v) is 18.4. The number of anilines is 1. The van der Waals surface area contributed by atoms with E-state index in [4.69, 9.17) is 0 Å². The van der Waals surface area contributed by atoms with E-state index >= 15 is 0 Å². The Morgan fingerprint density at radius 2 is 2.03 bits per heavy atom. The first kappa shape index (κ1) is 20.9. The number of aromatic nitrogens is 3. The van der Waals surface area contributed by atoms with Crippen molar-refractivity contribution in [2.75, 3.05) is 18.0 Å². The summed E-state index contributed by atoms with van der Waals surface area (Å²) in [5.74, 6) is -0.457. The van der Waals surface area contributed by atoms with Crippen LogP contribution in [0.3, 0.4) is 0 Å². The molecule has 2 N–H and O–H groups in total. The Bertz CT molecular complexity index is 1310. The SMILES string of the molecule is CCCCNC(=O)N1CC(C(=O)c2c[nH]c3ncc(-c4cccnc4)cc23)c2ccccc21. The fraction of sp³-hybridized carbons (Fsp3) is 0.231. The predicted octanol–water partition coefficient (Wildman–Crippen LogP) is 4.92. The summed E-state index contributed by atoms with van der Waals surface area (Å²) in [4.78, 5) is 40.1. The number of fused-ring (bicyclic) bond motifs is 2. The van der Waals surface area contributed by atoms with Crippen LogP contribution in [0.1, 0.15) is 41.6 Å². The molecule has 0 fully saturated rings. The molecule has 7 heteroatoms. The second kappa shape index (κ2) is 8.86. The summed E-state index contributed by atoms with van der Waals surface area (Å²) in [6, 6.07) is 13.3. The number of rotatable bonds is 6. The molecule has 1 atom stereocenters. The second-order valence-electron chi connectivity index (χ2n) is 8.24. The van der Waals surface area contributed by atoms with Crippen LogP contribution < -0.4 is 10.2 Å². The van der Waals surface area contributed by atoms with E-state index < -0.39 is 5.92 Å². The smallest absolute Gasteiger partial charge is 0.321 e. The number of para-hydroxylation sites is 1. The lowest BCUT2D eigenvalue weighted by Gasteiger charge is -2.18. The fourth-order valence-electron chi connectivity index (χ4n) is 4.38. The van der Waals surface area contributed by atoms with Gasteiger partial charge in [-0.15, -0.1) is 0 Å². The molecule has 7 nitrogen and oxygen atoms in total. The molecule has 1 unspecified atom stereocenters. The zero-order chi connectivity index (χ0) is 22.8. The van der Waals surface area contributed by atoms with Crippen molar-refractivity contribution in [3.05, 3.63) is 78.4 Å². The van der Waals surface area contributed by atoms with Gasteiger partial charge in [0.15, 0.2) is 5.78 Å². The molecule has 0 spiro atoms. The molecular formula is C26H25N5O2. The van der Waals surface area contributed by atoms with Gasteiger partial charge < -0.3 is 10.3 Å². The molecule has 3 aromatic heterocycles. The number of urea groups is 1. The first-order valence-corrected chi connectivity index (χ1v) is 11.2. The maximum atomic E-state index is 13.7. The molecule has 1 aliphatic heterocycles. The summed E-state index contributed by atoms with van der Waals surface area (Å²) >= 11 is 0. The number of Topliss-reactive ketones (excluding diaryl/α,β-unsaturated/α-hetero) is 1. The lowest BCUT2D eigenvalue weighted by molar-refractivity contribution is 0.0967. The standard InChI is InChI=1S/C26H25N5O2/c1-2-3-11-28-26(33)31-16-22(19-8-4-5-9-23(19)31)24(32)21-15-30-25-20(21)12-18(14-29-25)17-7-6-10-27-13-17/h4-10,12-15,22H,2-3,11,16H2,1H3,(H,28,33)(H,29,30). The zero-order valence-electron chi connectivity index (χ0n) is 18.4. The third-order valence-electron chi connectivity index (χ3n) is 6.13. The number of benzene rings is 1. The van der Waals surface area contributed by atoms with Gasteiger partial charge in [-0.2, -0.15) is 0 Å². The van der Waals surface area contributed by atoms with Crippen LogP contribution in [0.5, 0.6) is 0 Å². The molecule has 4 aromatic rings. The van der Waals surface area contributed by atoms with Gasteiger partial charge in [0.1, 0.15) is 5.65 Å². The molecule has 5 rings (SSSR count). The summed E-state index contributed by atoms with van der Waals surface area (Å²) in [7, 11) is 0. The van der Waals surface area contributed by atoms with E-state index in [2.05, 4.69) is 27.2 Å². The molecule has 0 aliphatic carbocycles. The largest absolute Gasteiger partial charge is 0.345 e. The predicted molar refractivity (Wildman–Crippen MR) is 128 cm³/mol. The lowest BCUT2D eigenvalue weighted by atomic mass is 9.92. The number of carbonyl (C=O) groups excluding carboxylic acids is 2. The third-order valence-corrected chi connectivity index (χ3v) is 6.13. The van der Waals surface area contributed by atoms with Crippen LogP contribution in [-0.4, -0.2) is 39.9 Å². The van der Waals surface area contributed by atoms with Gasteiger partial charge in [0.2, 0.25) is 0 Å². The number of nitrogens with one attached hydrogen (secondary N) is 2. The van der Waals surface area contributed by atoms with Crippen molar-refractivity contribution in [3.63, 3.8) is 0 Å². The van der Waals surface area contributed by atoms with E-state index in [1.165, 1.54) is 0 Å². The van der Waals surface area contributed by atoms with E-state index in [1.807, 2.05) is 42.5 Å². The number of hydrogen-bond acceptors (Lipinski definition) is 4. The molecule has 1 aromatic carbocycles. The molecular weight excluding hydrogens is 414 g/mol. The third kappa shape index (κ3) is 3.86. The van der Waals surface area contributed by atoms with Crippen molar-refractivity contribution in [1.29, 1.82) is 0 Å². The second-order valence-corrected chi connectivity index (χ2v) is 8.24. The Hall–Kier alpha value is -4.00. The van der Waals surface area contributed by atoms with Gasteiger partial charge >= 0.3 is 6.03 Å². The normalized spacial score (nSPS) is 14.9. The highest BCUT2D eigenvalue weighted by molar-refractivity contribution is 6.13. The van der Waals surface area contributed by atoms with Crippen LogP contribution in [0, 0.1) is 0 Å². The van der Waals surface area contributed by atoms with Crippen molar-refractivity contribution >= 4 is 28.5 Å². The van der Waals surface area contributed by atoms with Gasteiger partial charge in [0, 0.05) is 65.6 Å². The van der Waals surface area contributed by atoms with Crippen LogP contribution in [0.25, 0.3) is 22.2 Å². The van der Waals surface area contributed by atoms with E-state index in [0.29, 0.717) is 24.3 Å². The van der Waals surface area contributed by atoms with E-state index in [1.54, 1.807) is 29.7 Å². The minimum absolute atomic E-state index is 0.0253. The molecule has 33 heavy (non-hydrogen) atoms. The number of amides is 2. The average molecular weight is 440 g/mol. The highest BCUT2D eigenvalue weighted by atomic mass is 16.2. The number of aromatic amines is 1. The summed E-state index contributed by atoms with van der Waals surface area (Å²) in [6.07, 6.45) is 8.93. The first-order valence-electron chi connectivity index (χ1n) is 11.2. The molecule has 0 radical (unpaired) electrons. The maximum Gasteiger partial charge on any atom is 0.321 e. The Balaban J connectivity index is 1.47. The minimum atomic E-state index is -0.431. The summed E-state index contributed by atoms with van der Waals surface area (Å²) in [5.41, 5.74) is 4.74. The highest BCUT2D eigenvalue weighted by Crippen LogP contribution is 2.39. The van der Waals surface area contributed by atoms with Gasteiger partial charge in [-0.3, -0.25) is 14.7 Å². The number of hydrogen-bond donors (Lipinski definition) is 2. The number of unbranched alkanes of at least 4 members (excludes halogenated alkanes) is 1. The molecule has 0 saturated carbocycles. The number of pyridine rings is 2. The van der Waals surface area contributed by atoms with Gasteiger partial charge in [-0.25, -0.2) is 9.78 Å². The van der Waals surface area contributed by atoms with E-state index in [9.17, 15) is 9.59 Å². The van der Waals surface area contributed by atoms with Crippen molar-refractivity contribution in [2.24, 2.45) is 0 Å². The Labute approximate surface area is 191 Å². The van der Waals surface area contributed by atoms with Crippen LogP contribution in [0.15, 0.2) is 67.3 Å². The van der Waals surface area contributed by atoms with Crippen molar-refractivity contribution < 1.29 is 9.59 Å². The highest BCUT2D eigenvalue weighted by Gasteiger charge is 2.37. The van der Waals surface area contributed by atoms with Crippen molar-refractivity contribution in [2.45, 2.75) is 25.7 Å². The lowest BCUT2D eigenvalue weighted by Crippen LogP contribution is -2.40. The average Bonchev–Trinajstić information content (AvgIpc) is 3.46. The summed E-state index contributed by atoms with van der Waals surface area (Å²) in [5, 5.41) is 3.74. The van der Waals surface area contributed by atoms with Crippen molar-refractivity contribution in [1.82, 2.24) is 20.3 Å². The Morgan fingerprint density at radius 1 is 1.15 bits per heavy atom. The molecule has 4 heterocycles. The van der Waals surface area contributed by atoms with Crippen LogP contribution >= 0.6 is 0 Å². The monoisotopic (exact) mass is 439 g/mol. The van der Waals surface area contributed by atoms with Gasteiger partial charge in [-0.05, 0) is 30.2 Å². The fourth-order valence-corrected chi connectivity index (χ4v) is 4.38. The first-order chi connectivity index (χ1) is 16.2. The number of H-pyrrole nitrogens is 1. The van der Waals surface area contributed by atoms with E-state index in [-0.39, 0.29) is 11.8 Å². The van der Waals surface area contributed by atoms with E-state index in [0.717, 1.165) is 40.6 Å². The van der Waals surface area contributed by atoms with Gasteiger partial charge in [0.25, 0.3) is 0 Å². The minimum Gasteiger partial charge on any atom is -0.345 e. The Morgan fingerprint density at radius 3 is 2.85 bits per heavy atom. The molecule has 1 aliphatic rings. The van der Waals surface area contributed by atoms with Gasteiger partial charge in [0.05, 0.1) is 5.92 Å². The number of nitrogens with zero attached hydrogens (tertiary/aromatic N) is 3.